The van der Waals surface area contributed by atoms with Gasteiger partial charge in [0, 0.05) is 23.2 Å². The van der Waals surface area contributed by atoms with E-state index in [0.717, 1.165) is 29.1 Å². The third kappa shape index (κ3) is 2.82. The lowest BCUT2D eigenvalue weighted by Gasteiger charge is -2.10. The Hall–Kier alpha value is -2.29. The maximum atomic E-state index is 10.6. The van der Waals surface area contributed by atoms with Crippen LogP contribution in [0.2, 0.25) is 0 Å². The van der Waals surface area contributed by atoms with Crippen LogP contribution in [0.15, 0.2) is 36.4 Å². The van der Waals surface area contributed by atoms with Gasteiger partial charge in [-0.05, 0) is 55.7 Å². The number of carbonyl (C=O) groups is 1. The van der Waals surface area contributed by atoms with Crippen LogP contribution in [0.1, 0.15) is 29.4 Å². The van der Waals surface area contributed by atoms with Crippen molar-refractivity contribution in [3.8, 4) is 5.69 Å². The molecule has 1 aromatic carbocycles. The molecule has 2 aromatic rings. The number of carboxylic acids is 1. The van der Waals surface area contributed by atoms with Gasteiger partial charge < -0.3 is 9.67 Å². The van der Waals surface area contributed by atoms with E-state index in [-0.39, 0.29) is 0 Å². The van der Waals surface area contributed by atoms with Gasteiger partial charge in [-0.1, -0.05) is 19.1 Å². The van der Waals surface area contributed by atoms with E-state index < -0.39 is 5.97 Å². The van der Waals surface area contributed by atoms with Crippen LogP contribution >= 0.6 is 0 Å². The number of nitrogens with zero attached hydrogens (tertiary/aromatic N) is 1. The van der Waals surface area contributed by atoms with Gasteiger partial charge in [-0.2, -0.15) is 0 Å². The van der Waals surface area contributed by atoms with Gasteiger partial charge >= 0.3 is 5.97 Å². The third-order valence-corrected chi connectivity index (χ3v) is 3.48. The first-order chi connectivity index (χ1) is 9.52. The topological polar surface area (TPSA) is 42.2 Å². The van der Waals surface area contributed by atoms with E-state index in [1.165, 1.54) is 11.6 Å². The lowest BCUT2D eigenvalue weighted by atomic mass is 10.1. The summed E-state index contributed by atoms with van der Waals surface area (Å²) in [5.74, 6) is -0.929. The largest absolute Gasteiger partial charge is 0.478 e. The number of carboxylic acid groups (broad SMARTS) is 1. The summed E-state index contributed by atoms with van der Waals surface area (Å²) in [6.07, 6.45) is 3.84. The zero-order valence-corrected chi connectivity index (χ0v) is 12.1. The molecule has 0 bridgehead atoms. The number of benzene rings is 1. The van der Waals surface area contributed by atoms with E-state index in [1.807, 2.05) is 19.9 Å². The molecule has 0 saturated carbocycles. The van der Waals surface area contributed by atoms with E-state index in [9.17, 15) is 4.79 Å². The Morgan fingerprint density at radius 1 is 1.25 bits per heavy atom. The highest BCUT2D eigenvalue weighted by atomic mass is 16.4. The van der Waals surface area contributed by atoms with Gasteiger partial charge in [0.1, 0.15) is 0 Å². The maximum absolute atomic E-state index is 10.6. The summed E-state index contributed by atoms with van der Waals surface area (Å²) in [7, 11) is 0. The fourth-order valence-electron chi connectivity index (χ4n) is 2.40. The molecule has 1 N–H and O–H groups in total. The molecule has 104 valence electrons. The molecule has 0 radical (unpaired) electrons. The Labute approximate surface area is 119 Å². The van der Waals surface area contributed by atoms with Crippen molar-refractivity contribution in [3.63, 3.8) is 0 Å². The monoisotopic (exact) mass is 269 g/mol. The van der Waals surface area contributed by atoms with Crippen LogP contribution in [0, 0.1) is 13.8 Å². The molecule has 0 aliphatic rings. The first kappa shape index (κ1) is 14.1. The summed E-state index contributed by atoms with van der Waals surface area (Å²) in [4.78, 5) is 10.6. The fourth-order valence-corrected chi connectivity index (χ4v) is 2.40. The van der Waals surface area contributed by atoms with E-state index in [2.05, 4.69) is 35.8 Å². The molecule has 0 amide bonds. The van der Waals surface area contributed by atoms with E-state index in [4.69, 9.17) is 5.11 Å². The summed E-state index contributed by atoms with van der Waals surface area (Å²) in [6.45, 7) is 6.16. The van der Waals surface area contributed by atoms with Gasteiger partial charge in [0.15, 0.2) is 0 Å². The molecule has 2 rings (SSSR count). The van der Waals surface area contributed by atoms with Gasteiger partial charge in [-0.3, -0.25) is 0 Å². The minimum absolute atomic E-state index is 0.929. The van der Waals surface area contributed by atoms with Crippen molar-refractivity contribution in [1.29, 1.82) is 0 Å². The zero-order valence-electron chi connectivity index (χ0n) is 12.1. The van der Waals surface area contributed by atoms with Crippen molar-refractivity contribution < 1.29 is 9.90 Å². The minimum Gasteiger partial charge on any atom is -0.478 e. The number of rotatable bonds is 4. The van der Waals surface area contributed by atoms with Crippen molar-refractivity contribution in [2.24, 2.45) is 0 Å². The Morgan fingerprint density at radius 2 is 1.90 bits per heavy atom. The normalized spacial score (nSPS) is 11.2. The molecule has 20 heavy (non-hydrogen) atoms. The van der Waals surface area contributed by atoms with Crippen molar-refractivity contribution in [2.75, 3.05) is 0 Å². The van der Waals surface area contributed by atoms with Gasteiger partial charge in [-0.25, -0.2) is 4.79 Å². The van der Waals surface area contributed by atoms with Gasteiger partial charge in [0.05, 0.1) is 0 Å². The van der Waals surface area contributed by atoms with Crippen molar-refractivity contribution in [2.45, 2.75) is 27.2 Å². The second-order valence-corrected chi connectivity index (χ2v) is 4.85. The highest BCUT2D eigenvalue weighted by molar-refractivity contribution is 5.85. The van der Waals surface area contributed by atoms with E-state index in [0.29, 0.717) is 0 Å². The van der Waals surface area contributed by atoms with E-state index >= 15 is 0 Å². The minimum atomic E-state index is -0.929. The van der Waals surface area contributed by atoms with Crippen LogP contribution in [0.4, 0.5) is 0 Å². The maximum Gasteiger partial charge on any atom is 0.328 e. The fraction of sp³-hybridized carbons (Fsp3) is 0.235. The molecule has 0 aliphatic carbocycles. The number of aryl methyl sites for hydroxylation is 2. The molecule has 0 atom stereocenters. The molecule has 3 nitrogen and oxygen atoms in total. The van der Waals surface area contributed by atoms with Gasteiger partial charge in [-0.15, -0.1) is 0 Å². The summed E-state index contributed by atoms with van der Waals surface area (Å²) in [5, 5.41) is 8.72. The molecule has 0 spiro atoms. The Balaban J connectivity index is 2.43. The van der Waals surface area contributed by atoms with Gasteiger partial charge in [0.25, 0.3) is 0 Å². The molecular formula is C17H19NO2. The number of hydrogen-bond donors (Lipinski definition) is 1. The summed E-state index contributed by atoms with van der Waals surface area (Å²) < 4.78 is 2.14. The lowest BCUT2D eigenvalue weighted by molar-refractivity contribution is -0.131. The average molecular weight is 269 g/mol. The van der Waals surface area contributed by atoms with Crippen LogP contribution in [0.3, 0.4) is 0 Å². The predicted molar refractivity (Wildman–Crippen MR) is 81.3 cm³/mol. The van der Waals surface area contributed by atoms with Gasteiger partial charge in [0.2, 0.25) is 0 Å². The van der Waals surface area contributed by atoms with Crippen LogP contribution in [-0.4, -0.2) is 15.6 Å². The molecular weight excluding hydrogens is 250 g/mol. The number of aliphatic carboxylic acids is 1. The van der Waals surface area contributed by atoms with Crippen LogP contribution in [0.25, 0.3) is 11.8 Å². The van der Waals surface area contributed by atoms with Crippen LogP contribution < -0.4 is 0 Å². The molecule has 0 saturated heterocycles. The first-order valence-electron chi connectivity index (χ1n) is 6.72. The molecule has 1 aromatic heterocycles. The van der Waals surface area contributed by atoms with E-state index in [1.54, 1.807) is 6.08 Å². The highest BCUT2D eigenvalue weighted by Gasteiger charge is 2.09. The molecule has 0 fully saturated rings. The first-order valence-corrected chi connectivity index (χ1v) is 6.72. The van der Waals surface area contributed by atoms with Crippen LogP contribution in [-0.2, 0) is 11.2 Å². The zero-order chi connectivity index (χ0) is 14.7. The second kappa shape index (κ2) is 5.78. The van der Waals surface area contributed by atoms with Crippen LogP contribution in [0.5, 0.6) is 0 Å². The number of aromatic nitrogens is 1. The molecule has 0 unspecified atom stereocenters. The Bertz CT molecular complexity index is 648. The van der Waals surface area contributed by atoms with Crippen molar-refractivity contribution >= 4 is 12.0 Å². The summed E-state index contributed by atoms with van der Waals surface area (Å²) in [6, 6.07) is 10.5. The lowest BCUT2D eigenvalue weighted by Crippen LogP contribution is -1.99. The quantitative estimate of drug-likeness (QED) is 0.859. The smallest absolute Gasteiger partial charge is 0.328 e. The third-order valence-electron chi connectivity index (χ3n) is 3.48. The molecule has 1 heterocycles. The average Bonchev–Trinajstić information content (AvgIpc) is 2.71. The van der Waals surface area contributed by atoms with Crippen molar-refractivity contribution in [1.82, 2.24) is 4.57 Å². The number of hydrogen-bond acceptors (Lipinski definition) is 1. The Morgan fingerprint density at radius 3 is 2.45 bits per heavy atom. The highest BCUT2D eigenvalue weighted by Crippen LogP contribution is 2.22. The molecule has 3 heteroatoms. The summed E-state index contributed by atoms with van der Waals surface area (Å²) >= 11 is 0. The second-order valence-electron chi connectivity index (χ2n) is 4.85. The standard InChI is InChI=1S/C17H19NO2/c1-4-14-5-8-16(9-6-14)18-12(2)11-15(13(18)3)7-10-17(19)20/h5-11H,4H2,1-3H3,(H,19,20). The SMILES string of the molecule is CCc1ccc(-n2c(C)cc(C=CC(=O)O)c2C)cc1. The molecule has 0 aliphatic heterocycles. The summed E-state index contributed by atoms with van der Waals surface area (Å²) in [5.41, 5.74) is 5.49. The predicted octanol–water partition coefficient (Wildman–Crippen LogP) is 3.75. The Kier molecular flexibility index (Phi) is 4.08. The van der Waals surface area contributed by atoms with Crippen molar-refractivity contribution in [3.05, 3.63) is 58.9 Å².